The number of methoxy groups -OCH3 is 2. The number of benzene rings is 2. The van der Waals surface area contributed by atoms with Gasteiger partial charge in [-0.25, -0.2) is 4.98 Å². The SMILES string of the molecule is COc1ccc([C@@](C)(O)c2nc3cc(OC)ccc3o2)cc1. The zero-order valence-electron chi connectivity index (χ0n) is 12.7. The molecule has 5 nitrogen and oxygen atoms in total. The Balaban J connectivity index is 2.03. The van der Waals surface area contributed by atoms with Gasteiger partial charge in [-0.05, 0) is 36.8 Å². The molecule has 0 radical (unpaired) electrons. The lowest BCUT2D eigenvalue weighted by Gasteiger charge is -2.20. The van der Waals surface area contributed by atoms with Crippen LogP contribution in [0.5, 0.6) is 11.5 Å². The highest BCUT2D eigenvalue weighted by molar-refractivity contribution is 5.74. The minimum absolute atomic E-state index is 0.237. The van der Waals surface area contributed by atoms with Crippen molar-refractivity contribution in [3.8, 4) is 11.5 Å². The second-order valence-corrected chi connectivity index (χ2v) is 5.15. The molecule has 1 aromatic heterocycles. The first kappa shape index (κ1) is 14.4. The number of aliphatic hydroxyl groups is 1. The highest BCUT2D eigenvalue weighted by atomic mass is 16.5. The van der Waals surface area contributed by atoms with E-state index < -0.39 is 5.60 Å². The Kier molecular flexibility index (Phi) is 3.50. The Morgan fingerprint density at radius 3 is 2.27 bits per heavy atom. The van der Waals surface area contributed by atoms with E-state index in [9.17, 15) is 5.11 Å². The summed E-state index contributed by atoms with van der Waals surface area (Å²) in [7, 11) is 3.19. The zero-order chi connectivity index (χ0) is 15.7. The molecule has 3 rings (SSSR count). The molecule has 0 aliphatic carbocycles. The Bertz CT molecular complexity index is 790. The molecule has 0 amide bonds. The highest BCUT2D eigenvalue weighted by Crippen LogP contribution is 2.32. The van der Waals surface area contributed by atoms with Crippen LogP contribution >= 0.6 is 0 Å². The van der Waals surface area contributed by atoms with Crippen LogP contribution in [0.15, 0.2) is 46.9 Å². The predicted octanol–water partition coefficient (Wildman–Crippen LogP) is 3.10. The monoisotopic (exact) mass is 299 g/mol. The molecule has 3 aromatic rings. The van der Waals surface area contributed by atoms with Crippen molar-refractivity contribution >= 4 is 11.1 Å². The standard InChI is InChI=1S/C17H17NO4/c1-17(19,11-4-6-12(20-2)7-5-11)16-18-14-10-13(21-3)8-9-15(14)22-16/h4-10,19H,1-3H3/t17-/m1/s1. The Morgan fingerprint density at radius 1 is 1.00 bits per heavy atom. The van der Waals surface area contributed by atoms with Gasteiger partial charge >= 0.3 is 0 Å². The summed E-state index contributed by atoms with van der Waals surface area (Å²) in [4.78, 5) is 4.38. The number of hydrogen-bond donors (Lipinski definition) is 1. The molecule has 1 heterocycles. The summed E-state index contributed by atoms with van der Waals surface area (Å²) in [6.07, 6.45) is 0. The van der Waals surface area contributed by atoms with Gasteiger partial charge in [-0.2, -0.15) is 0 Å². The Hall–Kier alpha value is -2.53. The van der Waals surface area contributed by atoms with Gasteiger partial charge in [0.15, 0.2) is 11.2 Å². The first-order valence-corrected chi connectivity index (χ1v) is 6.86. The molecule has 0 unspecified atom stereocenters. The van der Waals surface area contributed by atoms with Crippen molar-refractivity contribution in [1.29, 1.82) is 0 Å². The van der Waals surface area contributed by atoms with E-state index in [0.29, 0.717) is 22.4 Å². The molecule has 2 aromatic carbocycles. The average Bonchev–Trinajstić information content (AvgIpc) is 2.98. The van der Waals surface area contributed by atoms with Crippen molar-refractivity contribution in [2.75, 3.05) is 14.2 Å². The van der Waals surface area contributed by atoms with Gasteiger partial charge in [0, 0.05) is 6.07 Å². The van der Waals surface area contributed by atoms with Gasteiger partial charge in [-0.3, -0.25) is 0 Å². The van der Waals surface area contributed by atoms with E-state index in [2.05, 4.69) is 4.98 Å². The van der Waals surface area contributed by atoms with E-state index in [1.54, 1.807) is 63.6 Å². The van der Waals surface area contributed by atoms with Crippen LogP contribution < -0.4 is 9.47 Å². The topological polar surface area (TPSA) is 64.7 Å². The van der Waals surface area contributed by atoms with E-state index in [4.69, 9.17) is 13.9 Å². The first-order chi connectivity index (χ1) is 10.5. The largest absolute Gasteiger partial charge is 0.497 e. The van der Waals surface area contributed by atoms with Crippen LogP contribution in [0.2, 0.25) is 0 Å². The number of aromatic nitrogens is 1. The number of rotatable bonds is 4. The summed E-state index contributed by atoms with van der Waals surface area (Å²) in [6.45, 7) is 1.65. The molecular formula is C17H17NO4. The van der Waals surface area contributed by atoms with Crippen molar-refractivity contribution < 1.29 is 19.0 Å². The number of fused-ring (bicyclic) bond motifs is 1. The summed E-state index contributed by atoms with van der Waals surface area (Å²) < 4.78 is 16.0. The molecule has 0 aliphatic rings. The lowest BCUT2D eigenvalue weighted by atomic mass is 9.96. The van der Waals surface area contributed by atoms with Crippen molar-refractivity contribution in [2.45, 2.75) is 12.5 Å². The van der Waals surface area contributed by atoms with Gasteiger partial charge < -0.3 is 19.0 Å². The fourth-order valence-electron chi connectivity index (χ4n) is 2.28. The van der Waals surface area contributed by atoms with E-state index in [1.165, 1.54) is 0 Å². The van der Waals surface area contributed by atoms with Crippen LogP contribution in [0.3, 0.4) is 0 Å². The second-order valence-electron chi connectivity index (χ2n) is 5.15. The molecule has 0 bridgehead atoms. The molecule has 5 heteroatoms. The first-order valence-electron chi connectivity index (χ1n) is 6.86. The summed E-state index contributed by atoms with van der Waals surface area (Å²) in [6, 6.07) is 12.5. The third-order valence-electron chi connectivity index (χ3n) is 3.66. The van der Waals surface area contributed by atoms with Crippen LogP contribution in [-0.4, -0.2) is 24.3 Å². The summed E-state index contributed by atoms with van der Waals surface area (Å²) in [5, 5.41) is 10.8. The van der Waals surface area contributed by atoms with Gasteiger partial charge in [0.1, 0.15) is 17.0 Å². The highest BCUT2D eigenvalue weighted by Gasteiger charge is 2.31. The molecule has 0 spiro atoms. The maximum absolute atomic E-state index is 10.8. The van der Waals surface area contributed by atoms with E-state index >= 15 is 0 Å². The smallest absolute Gasteiger partial charge is 0.231 e. The molecule has 0 saturated carbocycles. The molecule has 0 saturated heterocycles. The fraction of sp³-hybridized carbons (Fsp3) is 0.235. The number of hydrogen-bond acceptors (Lipinski definition) is 5. The van der Waals surface area contributed by atoms with Crippen LogP contribution in [0.4, 0.5) is 0 Å². The van der Waals surface area contributed by atoms with Crippen molar-refractivity contribution in [2.24, 2.45) is 0 Å². The van der Waals surface area contributed by atoms with Gasteiger partial charge in [0.25, 0.3) is 0 Å². The fourth-order valence-corrected chi connectivity index (χ4v) is 2.28. The zero-order valence-corrected chi connectivity index (χ0v) is 12.7. The lowest BCUT2D eigenvalue weighted by Crippen LogP contribution is -2.23. The van der Waals surface area contributed by atoms with Crippen LogP contribution in [-0.2, 0) is 5.60 Å². The maximum Gasteiger partial charge on any atom is 0.231 e. The van der Waals surface area contributed by atoms with Crippen molar-refractivity contribution in [3.63, 3.8) is 0 Å². The quantitative estimate of drug-likeness (QED) is 0.802. The van der Waals surface area contributed by atoms with Crippen LogP contribution in [0.25, 0.3) is 11.1 Å². The van der Waals surface area contributed by atoms with Crippen molar-refractivity contribution in [1.82, 2.24) is 4.98 Å². The number of nitrogens with zero attached hydrogens (tertiary/aromatic N) is 1. The third kappa shape index (κ3) is 2.40. The molecular weight excluding hydrogens is 282 g/mol. The van der Waals surface area contributed by atoms with Gasteiger partial charge in [-0.1, -0.05) is 12.1 Å². The number of oxazole rings is 1. The normalized spacial score (nSPS) is 13.8. The van der Waals surface area contributed by atoms with Gasteiger partial charge in [0.2, 0.25) is 5.89 Å². The van der Waals surface area contributed by atoms with Gasteiger partial charge in [0.05, 0.1) is 14.2 Å². The number of ether oxygens (including phenoxy) is 2. The van der Waals surface area contributed by atoms with Crippen molar-refractivity contribution in [3.05, 3.63) is 53.9 Å². The molecule has 0 aliphatic heterocycles. The average molecular weight is 299 g/mol. The molecule has 1 atom stereocenters. The van der Waals surface area contributed by atoms with Crippen LogP contribution in [0, 0.1) is 0 Å². The summed E-state index contributed by atoms with van der Waals surface area (Å²) in [5.74, 6) is 1.65. The Morgan fingerprint density at radius 2 is 1.64 bits per heavy atom. The summed E-state index contributed by atoms with van der Waals surface area (Å²) >= 11 is 0. The lowest BCUT2D eigenvalue weighted by molar-refractivity contribution is 0.0726. The van der Waals surface area contributed by atoms with Gasteiger partial charge in [-0.15, -0.1) is 0 Å². The summed E-state index contributed by atoms with van der Waals surface area (Å²) in [5.41, 5.74) is 0.581. The third-order valence-corrected chi connectivity index (χ3v) is 3.66. The molecule has 22 heavy (non-hydrogen) atoms. The predicted molar refractivity (Wildman–Crippen MR) is 82.2 cm³/mol. The minimum atomic E-state index is -1.33. The maximum atomic E-state index is 10.8. The van der Waals surface area contributed by atoms with Crippen LogP contribution in [0.1, 0.15) is 18.4 Å². The Labute approximate surface area is 128 Å². The van der Waals surface area contributed by atoms with E-state index in [1.807, 2.05) is 0 Å². The molecule has 114 valence electrons. The van der Waals surface area contributed by atoms with E-state index in [-0.39, 0.29) is 5.89 Å². The molecule has 0 fully saturated rings. The van der Waals surface area contributed by atoms with E-state index in [0.717, 1.165) is 5.75 Å². The second kappa shape index (κ2) is 5.35. The molecule has 1 N–H and O–H groups in total. The minimum Gasteiger partial charge on any atom is -0.497 e.